The predicted molar refractivity (Wildman–Crippen MR) is 216 cm³/mol. The average Bonchev–Trinajstić information content (AvgIpc) is 4.02. The van der Waals surface area contributed by atoms with Crippen LogP contribution < -0.4 is 14.5 Å². The molecule has 7 aromatic rings. The zero-order valence-corrected chi connectivity index (χ0v) is 32.2. The number of allylic oxidation sites excluding steroid dienone is 2. The summed E-state index contributed by atoms with van der Waals surface area (Å²) in [7, 11) is 0. The predicted octanol–water partition coefficient (Wildman–Crippen LogP) is 8.95. The van der Waals surface area contributed by atoms with Crippen LogP contribution in [-0.2, 0) is 19.2 Å². The maximum absolute atomic E-state index is 14.7. The van der Waals surface area contributed by atoms with Crippen LogP contribution in [0.4, 0.5) is 24.5 Å². The van der Waals surface area contributed by atoms with Crippen molar-refractivity contribution in [3.8, 4) is 34.4 Å². The summed E-state index contributed by atoms with van der Waals surface area (Å²) in [5.74, 6) is -8.49. The number of aromatic hydroxyl groups is 1. The molecule has 0 unspecified atom stereocenters. The van der Waals surface area contributed by atoms with Gasteiger partial charge < -0.3 is 18.7 Å². The van der Waals surface area contributed by atoms with Gasteiger partial charge in [0.2, 0.25) is 35.4 Å². The molecule has 62 heavy (non-hydrogen) atoms. The summed E-state index contributed by atoms with van der Waals surface area (Å²) in [6, 6.07) is 30.7. The number of phenols is 1. The fraction of sp³-hybridized carbons (Fsp3) is 0.191. The summed E-state index contributed by atoms with van der Waals surface area (Å²) in [4.78, 5) is 69.3. The first-order valence-corrected chi connectivity index (χ1v) is 19.9. The number of oxazole rings is 2. The fourth-order valence-electron chi connectivity index (χ4n) is 9.92. The Morgan fingerprint density at radius 3 is 1.71 bits per heavy atom. The van der Waals surface area contributed by atoms with E-state index in [2.05, 4.69) is 14.7 Å². The van der Waals surface area contributed by atoms with Gasteiger partial charge in [-0.05, 0) is 110 Å². The number of benzene rings is 5. The average molecular weight is 837 g/mol. The SMILES string of the molecule is O=C1[C@H]2[C@H](CC=C3[C@H]2C[C@H]2C(=O)N(c4ccc(-c5nc6ccccc6o5)cc4)C(=O)[C@H]2[C@H]3c2cc(OC(F)(F)F)ccc2O)C(=O)N1c1ccc(-c2nc3ccccc3o2)cc1. The van der Waals surface area contributed by atoms with Crippen molar-refractivity contribution >= 4 is 57.2 Å². The quantitative estimate of drug-likeness (QED) is 0.127. The van der Waals surface area contributed by atoms with Crippen LogP contribution in [0.15, 0.2) is 136 Å². The second kappa shape index (κ2) is 13.7. The molecule has 0 bridgehead atoms. The van der Waals surface area contributed by atoms with Gasteiger partial charge in [0.05, 0.1) is 35.0 Å². The zero-order chi connectivity index (χ0) is 42.6. The number of aromatic nitrogens is 2. The second-order valence-electron chi connectivity index (χ2n) is 15.9. The zero-order valence-electron chi connectivity index (χ0n) is 32.2. The molecule has 12 nitrogen and oxygen atoms in total. The molecule has 6 atom stereocenters. The van der Waals surface area contributed by atoms with Gasteiger partial charge in [-0.2, -0.15) is 0 Å². The molecular weight excluding hydrogens is 806 g/mol. The Balaban J connectivity index is 0.949. The molecule has 2 aromatic heterocycles. The Hall–Kier alpha value is -7.55. The molecule has 2 aliphatic carbocycles. The van der Waals surface area contributed by atoms with Crippen molar-refractivity contribution in [3.05, 3.63) is 132 Å². The number of anilines is 2. The smallest absolute Gasteiger partial charge is 0.508 e. The number of hydrogen-bond donors (Lipinski definition) is 1. The molecule has 4 aliphatic rings. The Bertz CT molecular complexity index is 2980. The second-order valence-corrected chi connectivity index (χ2v) is 15.9. The Labute approximate surface area is 348 Å². The lowest BCUT2D eigenvalue weighted by Crippen LogP contribution is -2.43. The lowest BCUT2D eigenvalue weighted by atomic mass is 9.57. The van der Waals surface area contributed by atoms with E-state index in [1.54, 1.807) is 72.8 Å². The van der Waals surface area contributed by atoms with Crippen molar-refractivity contribution in [2.75, 3.05) is 9.80 Å². The monoisotopic (exact) mass is 836 g/mol. The molecule has 0 spiro atoms. The molecule has 3 fully saturated rings. The number of rotatable bonds is 6. The minimum absolute atomic E-state index is 0.000742. The molecule has 2 saturated heterocycles. The molecule has 11 rings (SSSR count). The largest absolute Gasteiger partial charge is 0.573 e. The number of para-hydroxylation sites is 4. The van der Waals surface area contributed by atoms with Gasteiger partial charge in [0.15, 0.2) is 11.2 Å². The number of carbonyl (C=O) groups excluding carboxylic acids is 4. The summed E-state index contributed by atoms with van der Waals surface area (Å²) in [5, 5.41) is 11.3. The van der Waals surface area contributed by atoms with Gasteiger partial charge in [-0.3, -0.25) is 29.0 Å². The van der Waals surface area contributed by atoms with Crippen molar-refractivity contribution in [2.45, 2.75) is 25.1 Å². The van der Waals surface area contributed by atoms with Crippen molar-refractivity contribution in [1.82, 2.24) is 9.97 Å². The summed E-state index contributed by atoms with van der Waals surface area (Å²) in [5.41, 5.74) is 4.67. The van der Waals surface area contributed by atoms with Crippen LogP contribution in [-0.4, -0.2) is 45.1 Å². The van der Waals surface area contributed by atoms with Crippen LogP contribution >= 0.6 is 0 Å². The summed E-state index contributed by atoms with van der Waals surface area (Å²) in [6.07, 6.45) is -3.25. The first-order chi connectivity index (χ1) is 29.9. The lowest BCUT2D eigenvalue weighted by Gasteiger charge is -2.44. The third-order valence-corrected chi connectivity index (χ3v) is 12.5. The molecular formula is C47H31F3N4O8. The molecule has 4 amide bonds. The Kier molecular flexibility index (Phi) is 8.30. The van der Waals surface area contributed by atoms with E-state index < -0.39 is 77.0 Å². The van der Waals surface area contributed by atoms with E-state index in [-0.39, 0.29) is 24.1 Å². The van der Waals surface area contributed by atoms with Gasteiger partial charge in [-0.15, -0.1) is 13.2 Å². The number of amides is 4. The number of imide groups is 2. The number of nitrogens with zero attached hydrogens (tertiary/aromatic N) is 4. The highest BCUT2D eigenvalue weighted by molar-refractivity contribution is 6.24. The molecule has 4 heterocycles. The minimum Gasteiger partial charge on any atom is -0.508 e. The molecule has 1 saturated carbocycles. The van der Waals surface area contributed by atoms with Gasteiger partial charge in [-0.1, -0.05) is 35.9 Å². The van der Waals surface area contributed by atoms with Crippen molar-refractivity contribution in [1.29, 1.82) is 0 Å². The van der Waals surface area contributed by atoms with Gasteiger partial charge in [-0.25, -0.2) is 9.97 Å². The number of hydrogen-bond acceptors (Lipinski definition) is 10. The van der Waals surface area contributed by atoms with Gasteiger partial charge >= 0.3 is 6.36 Å². The van der Waals surface area contributed by atoms with Crippen molar-refractivity contribution < 1.29 is 51.0 Å². The first kappa shape index (κ1) is 37.4. The van der Waals surface area contributed by atoms with Gasteiger partial charge in [0.1, 0.15) is 22.5 Å². The molecule has 5 aromatic carbocycles. The standard InChI is InChI=1S/C47H31F3N4O8/c48-47(49,50)62-27-17-20-35(55)31(21-27)38-28-18-19-29-39(45(58)53(43(29)56)25-13-9-23(10-14-25)41-51-33-5-1-3-7-36(33)60-41)30(28)22-32-40(38)46(59)54(44(32)57)26-15-11-24(12-16-26)42-52-34-6-2-4-8-37(34)61-42/h1-18,20-21,29-30,32,38-40,55H,19,22H2/t29-,30+,32+,38+,39-,40+/m0/s1. The Morgan fingerprint density at radius 2 is 1.16 bits per heavy atom. The highest BCUT2D eigenvalue weighted by Gasteiger charge is 2.62. The minimum atomic E-state index is -5.07. The summed E-state index contributed by atoms with van der Waals surface area (Å²) in [6.45, 7) is 0. The van der Waals surface area contributed by atoms with Gasteiger partial charge in [0.25, 0.3) is 0 Å². The van der Waals surface area contributed by atoms with Crippen LogP contribution in [0.5, 0.6) is 11.5 Å². The summed E-state index contributed by atoms with van der Waals surface area (Å²) >= 11 is 0. The fourth-order valence-corrected chi connectivity index (χ4v) is 9.92. The molecule has 308 valence electrons. The highest BCUT2D eigenvalue weighted by Crippen LogP contribution is 2.59. The normalized spacial score (nSPS) is 23.5. The number of ether oxygens (including phenoxy) is 1. The van der Waals surface area contributed by atoms with E-state index in [0.717, 1.165) is 28.0 Å². The number of phenolic OH excluding ortho intramolecular Hbond substituents is 1. The van der Waals surface area contributed by atoms with Crippen LogP contribution in [0.3, 0.4) is 0 Å². The van der Waals surface area contributed by atoms with Crippen LogP contribution in [0.1, 0.15) is 24.3 Å². The highest BCUT2D eigenvalue weighted by atomic mass is 19.4. The van der Waals surface area contributed by atoms with E-state index in [0.29, 0.717) is 56.4 Å². The molecule has 2 aliphatic heterocycles. The van der Waals surface area contributed by atoms with E-state index in [1.165, 1.54) is 0 Å². The number of alkyl halides is 3. The van der Waals surface area contributed by atoms with E-state index in [1.807, 2.05) is 30.3 Å². The maximum atomic E-state index is 14.7. The first-order valence-electron chi connectivity index (χ1n) is 19.9. The number of carbonyl (C=O) groups is 4. The molecule has 1 N–H and O–H groups in total. The Morgan fingerprint density at radius 1 is 0.629 bits per heavy atom. The van der Waals surface area contributed by atoms with Crippen molar-refractivity contribution in [3.63, 3.8) is 0 Å². The molecule has 0 radical (unpaired) electrons. The van der Waals surface area contributed by atoms with Crippen molar-refractivity contribution in [2.24, 2.45) is 29.6 Å². The van der Waals surface area contributed by atoms with Crippen LogP contribution in [0, 0.1) is 29.6 Å². The maximum Gasteiger partial charge on any atom is 0.573 e. The van der Waals surface area contributed by atoms with E-state index in [4.69, 9.17) is 8.83 Å². The van der Waals surface area contributed by atoms with Crippen LogP contribution in [0.25, 0.3) is 45.1 Å². The summed E-state index contributed by atoms with van der Waals surface area (Å²) < 4.78 is 56.5. The lowest BCUT2D eigenvalue weighted by molar-refractivity contribution is -0.274. The van der Waals surface area contributed by atoms with E-state index >= 15 is 0 Å². The number of halogens is 3. The number of fused-ring (bicyclic) bond motifs is 6. The van der Waals surface area contributed by atoms with Crippen LogP contribution in [0.2, 0.25) is 0 Å². The van der Waals surface area contributed by atoms with E-state index in [9.17, 15) is 37.5 Å². The topological polar surface area (TPSA) is 156 Å². The molecule has 15 heteroatoms. The third-order valence-electron chi connectivity index (χ3n) is 12.5. The van der Waals surface area contributed by atoms with Gasteiger partial charge in [0, 0.05) is 22.6 Å². The third kappa shape index (κ3) is 5.90.